The van der Waals surface area contributed by atoms with E-state index in [0.29, 0.717) is 25.1 Å². The highest BCUT2D eigenvalue weighted by Crippen LogP contribution is 2.24. The average molecular weight is 274 g/mol. The van der Waals surface area contributed by atoms with Crippen LogP contribution in [0.3, 0.4) is 0 Å². The Hall–Kier alpha value is -2.70. The Morgan fingerprint density at radius 1 is 1.50 bits per heavy atom. The Morgan fingerprint density at radius 2 is 2.30 bits per heavy atom. The number of aldehydes is 1. The van der Waals surface area contributed by atoms with E-state index in [1.54, 1.807) is 16.9 Å². The highest BCUT2D eigenvalue weighted by Gasteiger charge is 2.14. The normalized spacial score (nSPS) is 10.2. The first-order valence-corrected chi connectivity index (χ1v) is 6.06. The third-order valence-corrected chi connectivity index (χ3v) is 2.77. The zero-order valence-corrected chi connectivity index (χ0v) is 10.9. The second kappa shape index (κ2) is 5.96. The predicted octanol–water partition coefficient (Wildman–Crippen LogP) is 2.02. The fourth-order valence-corrected chi connectivity index (χ4v) is 1.82. The van der Waals surface area contributed by atoms with Crippen LogP contribution < -0.4 is 5.32 Å². The van der Waals surface area contributed by atoms with Crippen molar-refractivity contribution in [2.45, 2.75) is 13.5 Å². The van der Waals surface area contributed by atoms with Crippen molar-refractivity contribution in [3.63, 3.8) is 0 Å². The van der Waals surface area contributed by atoms with Gasteiger partial charge in [0.25, 0.3) is 5.69 Å². The Balaban J connectivity index is 2.05. The van der Waals surface area contributed by atoms with Crippen molar-refractivity contribution >= 4 is 17.7 Å². The minimum Gasteiger partial charge on any atom is -0.378 e. The summed E-state index contributed by atoms with van der Waals surface area (Å²) in [6, 6.07) is 4.34. The Kier molecular flexibility index (Phi) is 4.09. The molecule has 0 atom stereocenters. The van der Waals surface area contributed by atoms with Crippen LogP contribution in [0.4, 0.5) is 11.4 Å². The van der Waals surface area contributed by atoms with Crippen LogP contribution in [0.2, 0.25) is 0 Å². The standard InChI is InChI=1S/C13H14N4O3/c1-10-7-15-16(8-10)5-4-14-12-3-2-11(9-18)6-13(12)17(19)20/h2-3,6-9,14H,4-5H2,1H3. The van der Waals surface area contributed by atoms with Gasteiger partial charge in [0.15, 0.2) is 0 Å². The number of nitrogens with zero attached hydrogens (tertiary/aromatic N) is 3. The van der Waals surface area contributed by atoms with Gasteiger partial charge >= 0.3 is 0 Å². The molecule has 7 heteroatoms. The van der Waals surface area contributed by atoms with Crippen molar-refractivity contribution in [2.75, 3.05) is 11.9 Å². The van der Waals surface area contributed by atoms with Crippen LogP contribution in [0.5, 0.6) is 0 Å². The lowest BCUT2D eigenvalue weighted by molar-refractivity contribution is -0.384. The fraction of sp³-hybridized carbons (Fsp3) is 0.231. The van der Waals surface area contributed by atoms with E-state index in [9.17, 15) is 14.9 Å². The molecule has 1 N–H and O–H groups in total. The summed E-state index contributed by atoms with van der Waals surface area (Å²) in [6.07, 6.45) is 4.23. The summed E-state index contributed by atoms with van der Waals surface area (Å²) in [5, 5.41) is 18.1. The third-order valence-electron chi connectivity index (χ3n) is 2.77. The first-order chi connectivity index (χ1) is 9.60. The molecule has 0 unspecified atom stereocenters. The Labute approximate surface area is 115 Å². The van der Waals surface area contributed by atoms with E-state index < -0.39 is 4.92 Å². The number of nitrogens with one attached hydrogen (secondary N) is 1. The molecule has 0 spiro atoms. The molecule has 1 heterocycles. The number of carbonyl (C=O) groups excluding carboxylic acids is 1. The number of aromatic nitrogens is 2. The summed E-state index contributed by atoms with van der Waals surface area (Å²) < 4.78 is 1.76. The number of carbonyl (C=O) groups is 1. The Bertz CT molecular complexity index is 636. The van der Waals surface area contributed by atoms with E-state index in [1.807, 2.05) is 13.1 Å². The summed E-state index contributed by atoms with van der Waals surface area (Å²) in [5.74, 6) is 0. The summed E-state index contributed by atoms with van der Waals surface area (Å²) in [4.78, 5) is 21.1. The smallest absolute Gasteiger partial charge is 0.293 e. The second-order valence-corrected chi connectivity index (χ2v) is 4.36. The van der Waals surface area contributed by atoms with E-state index in [4.69, 9.17) is 0 Å². The number of hydrogen-bond acceptors (Lipinski definition) is 5. The molecule has 0 saturated carbocycles. The van der Waals surface area contributed by atoms with Gasteiger partial charge in [-0.05, 0) is 24.6 Å². The monoisotopic (exact) mass is 274 g/mol. The molecule has 2 aromatic rings. The van der Waals surface area contributed by atoms with Crippen molar-refractivity contribution in [1.29, 1.82) is 0 Å². The summed E-state index contributed by atoms with van der Waals surface area (Å²) >= 11 is 0. The maximum absolute atomic E-state index is 11.0. The van der Waals surface area contributed by atoms with E-state index in [2.05, 4.69) is 10.4 Å². The minimum atomic E-state index is -0.507. The van der Waals surface area contributed by atoms with Gasteiger partial charge in [-0.2, -0.15) is 5.10 Å². The van der Waals surface area contributed by atoms with Gasteiger partial charge in [-0.3, -0.25) is 19.6 Å². The number of aryl methyl sites for hydroxylation is 1. The van der Waals surface area contributed by atoms with Gasteiger partial charge in [0.1, 0.15) is 12.0 Å². The van der Waals surface area contributed by atoms with E-state index in [-0.39, 0.29) is 11.3 Å². The molecule has 0 aliphatic rings. The largest absolute Gasteiger partial charge is 0.378 e. The first-order valence-electron chi connectivity index (χ1n) is 6.06. The Morgan fingerprint density at radius 3 is 2.90 bits per heavy atom. The third kappa shape index (κ3) is 3.19. The average Bonchev–Trinajstić information content (AvgIpc) is 2.84. The lowest BCUT2D eigenvalue weighted by Gasteiger charge is -2.07. The topological polar surface area (TPSA) is 90.1 Å². The number of anilines is 1. The van der Waals surface area contributed by atoms with Crippen molar-refractivity contribution < 1.29 is 9.72 Å². The zero-order chi connectivity index (χ0) is 14.5. The molecule has 20 heavy (non-hydrogen) atoms. The van der Waals surface area contributed by atoms with Gasteiger partial charge in [0.05, 0.1) is 17.7 Å². The van der Waals surface area contributed by atoms with Gasteiger partial charge in [-0.25, -0.2) is 0 Å². The number of hydrogen-bond donors (Lipinski definition) is 1. The van der Waals surface area contributed by atoms with Gasteiger partial charge in [0, 0.05) is 24.4 Å². The van der Waals surface area contributed by atoms with E-state index in [1.165, 1.54) is 12.1 Å². The minimum absolute atomic E-state index is 0.105. The van der Waals surface area contributed by atoms with Crippen LogP contribution in [-0.2, 0) is 6.54 Å². The molecule has 0 aliphatic heterocycles. The van der Waals surface area contributed by atoms with Crippen molar-refractivity contribution in [1.82, 2.24) is 9.78 Å². The molecule has 0 saturated heterocycles. The summed E-state index contributed by atoms with van der Waals surface area (Å²) in [7, 11) is 0. The van der Waals surface area contributed by atoms with Crippen LogP contribution >= 0.6 is 0 Å². The highest BCUT2D eigenvalue weighted by molar-refractivity contribution is 5.79. The molecule has 7 nitrogen and oxygen atoms in total. The fourth-order valence-electron chi connectivity index (χ4n) is 1.82. The molecule has 1 aromatic carbocycles. The first kappa shape index (κ1) is 13.7. The predicted molar refractivity (Wildman–Crippen MR) is 73.9 cm³/mol. The molecule has 1 aromatic heterocycles. The maximum atomic E-state index is 11.0. The van der Waals surface area contributed by atoms with Gasteiger partial charge < -0.3 is 5.32 Å². The lowest BCUT2D eigenvalue weighted by Crippen LogP contribution is -2.12. The molecule has 0 aliphatic carbocycles. The van der Waals surface area contributed by atoms with E-state index in [0.717, 1.165) is 5.56 Å². The molecule has 0 amide bonds. The number of nitro benzene ring substituents is 1. The molecule has 0 radical (unpaired) electrons. The van der Waals surface area contributed by atoms with E-state index >= 15 is 0 Å². The van der Waals surface area contributed by atoms with Gasteiger partial charge in [-0.15, -0.1) is 0 Å². The van der Waals surface area contributed by atoms with Crippen LogP contribution in [0, 0.1) is 17.0 Å². The van der Waals surface area contributed by atoms with Crippen LogP contribution in [-0.4, -0.2) is 27.5 Å². The highest BCUT2D eigenvalue weighted by atomic mass is 16.6. The number of nitro groups is 1. The molecular formula is C13H14N4O3. The molecule has 104 valence electrons. The van der Waals surface area contributed by atoms with Crippen molar-refractivity contribution in [2.24, 2.45) is 0 Å². The molecule has 0 fully saturated rings. The summed E-state index contributed by atoms with van der Waals surface area (Å²) in [5.41, 5.74) is 1.63. The molecule has 0 bridgehead atoms. The van der Waals surface area contributed by atoms with Crippen LogP contribution in [0.25, 0.3) is 0 Å². The lowest BCUT2D eigenvalue weighted by atomic mass is 10.2. The number of rotatable bonds is 6. The van der Waals surface area contributed by atoms with Crippen LogP contribution in [0.15, 0.2) is 30.6 Å². The van der Waals surface area contributed by atoms with Crippen LogP contribution in [0.1, 0.15) is 15.9 Å². The second-order valence-electron chi connectivity index (χ2n) is 4.36. The maximum Gasteiger partial charge on any atom is 0.293 e. The zero-order valence-electron chi connectivity index (χ0n) is 10.9. The number of benzene rings is 1. The quantitative estimate of drug-likeness (QED) is 0.494. The van der Waals surface area contributed by atoms with Crippen molar-refractivity contribution in [3.8, 4) is 0 Å². The van der Waals surface area contributed by atoms with Gasteiger partial charge in [0.2, 0.25) is 0 Å². The SMILES string of the molecule is Cc1cnn(CCNc2ccc(C=O)cc2[N+](=O)[O-])c1. The molecular weight excluding hydrogens is 260 g/mol. The van der Waals surface area contributed by atoms with Crippen molar-refractivity contribution in [3.05, 3.63) is 51.8 Å². The molecule has 2 rings (SSSR count). The summed E-state index contributed by atoms with van der Waals surface area (Å²) in [6.45, 7) is 3.04. The van der Waals surface area contributed by atoms with Gasteiger partial charge in [-0.1, -0.05) is 0 Å².